The van der Waals surface area contributed by atoms with Crippen LogP contribution >= 0.6 is 15.9 Å². The van der Waals surface area contributed by atoms with Crippen molar-refractivity contribution in [2.24, 2.45) is 0 Å². The van der Waals surface area contributed by atoms with E-state index in [-0.39, 0.29) is 18.6 Å². The standard InChI is InChI=1S/C9H12BrNO3/c1-6(2-4-12)11-9(13)7-3-5-14-8(7)10/h3,5-6,12H,2,4H2,1H3,(H,11,13). The van der Waals surface area contributed by atoms with Crippen LogP contribution in [-0.2, 0) is 0 Å². The Morgan fingerprint density at radius 1 is 1.79 bits per heavy atom. The van der Waals surface area contributed by atoms with Gasteiger partial charge in [0.15, 0.2) is 4.67 Å². The highest BCUT2D eigenvalue weighted by Gasteiger charge is 2.14. The molecule has 0 aromatic carbocycles. The maximum absolute atomic E-state index is 11.5. The minimum Gasteiger partial charge on any atom is -0.457 e. The van der Waals surface area contributed by atoms with E-state index in [1.54, 1.807) is 6.07 Å². The zero-order valence-corrected chi connectivity index (χ0v) is 9.37. The monoisotopic (exact) mass is 261 g/mol. The highest BCUT2D eigenvalue weighted by molar-refractivity contribution is 9.10. The summed E-state index contributed by atoms with van der Waals surface area (Å²) in [6, 6.07) is 1.54. The average molecular weight is 262 g/mol. The van der Waals surface area contributed by atoms with Crippen LogP contribution in [0.5, 0.6) is 0 Å². The van der Waals surface area contributed by atoms with Gasteiger partial charge in [-0.15, -0.1) is 0 Å². The van der Waals surface area contributed by atoms with Crippen LogP contribution in [0.3, 0.4) is 0 Å². The molecule has 0 aliphatic rings. The van der Waals surface area contributed by atoms with E-state index in [4.69, 9.17) is 9.52 Å². The lowest BCUT2D eigenvalue weighted by Crippen LogP contribution is -2.33. The molecule has 14 heavy (non-hydrogen) atoms. The lowest BCUT2D eigenvalue weighted by atomic mass is 10.2. The number of aliphatic hydroxyl groups is 1. The van der Waals surface area contributed by atoms with Crippen LogP contribution in [0.1, 0.15) is 23.7 Å². The molecular formula is C9H12BrNO3. The van der Waals surface area contributed by atoms with Gasteiger partial charge in [0.25, 0.3) is 5.91 Å². The molecule has 78 valence electrons. The fourth-order valence-corrected chi connectivity index (χ4v) is 1.44. The summed E-state index contributed by atoms with van der Waals surface area (Å²) in [5.41, 5.74) is 0.467. The summed E-state index contributed by atoms with van der Waals surface area (Å²) in [6.07, 6.45) is 1.98. The number of furan rings is 1. The number of nitrogens with one attached hydrogen (secondary N) is 1. The molecule has 0 saturated carbocycles. The average Bonchev–Trinajstić information content (AvgIpc) is 2.51. The fraction of sp³-hybridized carbons (Fsp3) is 0.444. The van der Waals surface area contributed by atoms with Gasteiger partial charge in [-0.25, -0.2) is 0 Å². The number of hydrogen-bond acceptors (Lipinski definition) is 3. The van der Waals surface area contributed by atoms with Gasteiger partial charge in [0.1, 0.15) is 0 Å². The van der Waals surface area contributed by atoms with Gasteiger partial charge in [0.05, 0.1) is 11.8 Å². The summed E-state index contributed by atoms with van der Waals surface area (Å²) in [6.45, 7) is 1.90. The molecule has 1 amide bonds. The van der Waals surface area contributed by atoms with Crippen molar-refractivity contribution >= 4 is 21.8 Å². The van der Waals surface area contributed by atoms with E-state index in [9.17, 15) is 4.79 Å². The number of amides is 1. The first-order valence-corrected chi connectivity index (χ1v) is 5.09. The predicted molar refractivity (Wildman–Crippen MR) is 55.0 cm³/mol. The topological polar surface area (TPSA) is 62.5 Å². The number of halogens is 1. The van der Waals surface area contributed by atoms with Crippen molar-refractivity contribution in [3.05, 3.63) is 22.6 Å². The minimum atomic E-state index is -0.202. The number of rotatable bonds is 4. The Bertz CT molecular complexity index is 311. The number of carbonyl (C=O) groups is 1. The summed E-state index contributed by atoms with van der Waals surface area (Å²) >= 11 is 3.12. The molecule has 0 aliphatic heterocycles. The highest BCUT2D eigenvalue weighted by atomic mass is 79.9. The lowest BCUT2D eigenvalue weighted by Gasteiger charge is -2.11. The summed E-state index contributed by atoms with van der Waals surface area (Å²) in [7, 11) is 0. The van der Waals surface area contributed by atoms with E-state index < -0.39 is 0 Å². The molecule has 1 aromatic heterocycles. The lowest BCUT2D eigenvalue weighted by molar-refractivity contribution is 0.0932. The fourth-order valence-electron chi connectivity index (χ4n) is 1.02. The van der Waals surface area contributed by atoms with Gasteiger partial charge < -0.3 is 14.8 Å². The van der Waals surface area contributed by atoms with Crippen LogP contribution in [0.4, 0.5) is 0 Å². The first-order valence-electron chi connectivity index (χ1n) is 4.30. The maximum atomic E-state index is 11.5. The molecule has 4 nitrogen and oxygen atoms in total. The van der Waals surface area contributed by atoms with E-state index in [0.29, 0.717) is 16.7 Å². The van der Waals surface area contributed by atoms with Gasteiger partial charge in [-0.3, -0.25) is 4.79 Å². The highest BCUT2D eigenvalue weighted by Crippen LogP contribution is 2.17. The van der Waals surface area contributed by atoms with Crippen molar-refractivity contribution in [1.29, 1.82) is 0 Å². The summed E-state index contributed by atoms with van der Waals surface area (Å²) < 4.78 is 5.36. The van der Waals surface area contributed by atoms with Crippen LogP contribution in [0, 0.1) is 0 Å². The van der Waals surface area contributed by atoms with Crippen molar-refractivity contribution in [2.45, 2.75) is 19.4 Å². The molecule has 0 fully saturated rings. The van der Waals surface area contributed by atoms with Crippen LogP contribution in [-0.4, -0.2) is 23.7 Å². The molecule has 1 aromatic rings. The summed E-state index contributed by atoms with van der Waals surface area (Å²) in [4.78, 5) is 11.5. The first-order chi connectivity index (χ1) is 6.65. The molecule has 0 spiro atoms. The van der Waals surface area contributed by atoms with Gasteiger partial charge in [0.2, 0.25) is 0 Å². The van der Waals surface area contributed by atoms with Crippen LogP contribution in [0.2, 0.25) is 0 Å². The Kier molecular flexibility index (Phi) is 4.16. The largest absolute Gasteiger partial charge is 0.457 e. The van der Waals surface area contributed by atoms with Crippen molar-refractivity contribution < 1.29 is 14.3 Å². The van der Waals surface area contributed by atoms with Crippen molar-refractivity contribution in [3.8, 4) is 0 Å². The molecule has 1 rings (SSSR count). The second kappa shape index (κ2) is 5.17. The Balaban J connectivity index is 2.55. The molecule has 2 N–H and O–H groups in total. The second-order valence-electron chi connectivity index (χ2n) is 2.99. The molecule has 0 radical (unpaired) electrons. The van der Waals surface area contributed by atoms with Crippen molar-refractivity contribution in [3.63, 3.8) is 0 Å². The molecule has 1 heterocycles. The van der Waals surface area contributed by atoms with E-state index in [1.807, 2.05) is 6.92 Å². The quantitative estimate of drug-likeness (QED) is 0.865. The third-order valence-corrected chi connectivity index (χ3v) is 2.42. The second-order valence-corrected chi connectivity index (χ2v) is 3.72. The number of carbonyl (C=O) groups excluding carboxylic acids is 1. The van der Waals surface area contributed by atoms with Crippen molar-refractivity contribution in [2.75, 3.05) is 6.61 Å². The molecule has 1 atom stereocenters. The summed E-state index contributed by atoms with van der Waals surface area (Å²) in [5.74, 6) is -0.202. The number of aliphatic hydroxyl groups excluding tert-OH is 1. The van der Waals surface area contributed by atoms with Crippen LogP contribution in [0.15, 0.2) is 21.4 Å². The Morgan fingerprint density at radius 3 is 3.00 bits per heavy atom. The van der Waals surface area contributed by atoms with E-state index in [0.717, 1.165) is 0 Å². The summed E-state index contributed by atoms with van der Waals surface area (Å²) in [5, 5.41) is 11.4. The molecular weight excluding hydrogens is 250 g/mol. The van der Waals surface area contributed by atoms with E-state index >= 15 is 0 Å². The zero-order valence-electron chi connectivity index (χ0n) is 7.79. The van der Waals surface area contributed by atoms with Crippen molar-refractivity contribution in [1.82, 2.24) is 5.32 Å². The third kappa shape index (κ3) is 2.85. The molecule has 0 aliphatic carbocycles. The van der Waals surface area contributed by atoms with Gasteiger partial charge in [-0.2, -0.15) is 0 Å². The molecule has 0 bridgehead atoms. The molecule has 0 saturated heterocycles. The smallest absolute Gasteiger partial charge is 0.255 e. The Hall–Kier alpha value is -0.810. The predicted octanol–water partition coefficient (Wildman–Crippen LogP) is 1.54. The normalized spacial score (nSPS) is 12.5. The third-order valence-electron chi connectivity index (χ3n) is 1.80. The number of hydrogen-bond donors (Lipinski definition) is 2. The van der Waals surface area contributed by atoms with E-state index in [1.165, 1.54) is 6.26 Å². The van der Waals surface area contributed by atoms with Gasteiger partial charge in [-0.05, 0) is 35.3 Å². The SMILES string of the molecule is CC(CCO)NC(=O)c1ccoc1Br. The zero-order chi connectivity index (χ0) is 10.6. The molecule has 5 heteroatoms. The molecule has 1 unspecified atom stereocenters. The van der Waals surface area contributed by atoms with Gasteiger partial charge in [0, 0.05) is 12.6 Å². The van der Waals surface area contributed by atoms with Crippen LogP contribution < -0.4 is 5.32 Å². The van der Waals surface area contributed by atoms with Gasteiger partial charge >= 0.3 is 0 Å². The minimum absolute atomic E-state index is 0.0469. The maximum Gasteiger partial charge on any atom is 0.255 e. The Labute approximate surface area is 90.4 Å². The van der Waals surface area contributed by atoms with E-state index in [2.05, 4.69) is 21.2 Å². The Morgan fingerprint density at radius 2 is 2.50 bits per heavy atom. The van der Waals surface area contributed by atoms with Gasteiger partial charge in [-0.1, -0.05) is 0 Å². The van der Waals surface area contributed by atoms with Crippen LogP contribution in [0.25, 0.3) is 0 Å². The first kappa shape index (κ1) is 11.3.